The number of rotatable bonds is 5. The number of nitrogens with two attached hydrogens (primary N) is 1. The molecule has 4 heteroatoms. The molecule has 0 aliphatic heterocycles. The highest BCUT2D eigenvalue weighted by atomic mass is 19.1. The summed E-state index contributed by atoms with van der Waals surface area (Å²) in [7, 11) is 1.68. The Morgan fingerprint density at radius 1 is 1.39 bits per heavy atom. The van der Waals surface area contributed by atoms with Crippen LogP contribution in [0.3, 0.4) is 0 Å². The predicted molar refractivity (Wildman–Crippen MR) is 70.3 cm³/mol. The van der Waals surface area contributed by atoms with Gasteiger partial charge < -0.3 is 10.6 Å². The quantitative estimate of drug-likeness (QED) is 0.871. The van der Waals surface area contributed by atoms with Crippen molar-refractivity contribution in [2.24, 2.45) is 17.6 Å². The summed E-state index contributed by atoms with van der Waals surface area (Å²) in [5.74, 6) is -0.339. The molecule has 1 aromatic carbocycles. The number of carbonyl (C=O) groups excluding carboxylic acids is 1. The Labute approximate surface area is 108 Å². The first-order valence-electron chi connectivity index (χ1n) is 6.15. The van der Waals surface area contributed by atoms with Crippen molar-refractivity contribution in [1.29, 1.82) is 0 Å². The van der Waals surface area contributed by atoms with Crippen LogP contribution in [-0.2, 0) is 11.3 Å². The highest BCUT2D eigenvalue weighted by molar-refractivity contribution is 5.79. The van der Waals surface area contributed by atoms with Gasteiger partial charge in [0.05, 0.1) is 5.92 Å². The van der Waals surface area contributed by atoms with Crippen LogP contribution in [0.4, 0.5) is 4.39 Å². The number of hydrogen-bond donors (Lipinski definition) is 1. The van der Waals surface area contributed by atoms with Crippen molar-refractivity contribution in [2.75, 3.05) is 13.6 Å². The summed E-state index contributed by atoms with van der Waals surface area (Å²) in [5.41, 5.74) is 6.14. The fourth-order valence-electron chi connectivity index (χ4n) is 1.90. The lowest BCUT2D eigenvalue weighted by molar-refractivity contribution is -0.135. The minimum atomic E-state index is -0.286. The van der Waals surface area contributed by atoms with Gasteiger partial charge in [0.25, 0.3) is 0 Å². The molecular formula is C14H21FN2O. The third-order valence-corrected chi connectivity index (χ3v) is 3.12. The molecule has 1 amide bonds. The van der Waals surface area contributed by atoms with E-state index in [1.807, 2.05) is 13.8 Å². The summed E-state index contributed by atoms with van der Waals surface area (Å²) in [6, 6.07) is 6.49. The van der Waals surface area contributed by atoms with E-state index in [0.29, 0.717) is 12.1 Å². The van der Waals surface area contributed by atoms with Gasteiger partial charge in [-0.2, -0.15) is 0 Å². The number of hydrogen-bond acceptors (Lipinski definition) is 2. The molecule has 1 aromatic rings. The first kappa shape index (κ1) is 14.6. The van der Waals surface area contributed by atoms with Crippen LogP contribution in [0.15, 0.2) is 24.3 Å². The summed E-state index contributed by atoms with van der Waals surface area (Å²) < 4.78 is 13.5. The molecule has 0 fully saturated rings. The highest BCUT2D eigenvalue weighted by Crippen LogP contribution is 2.15. The molecule has 0 bridgehead atoms. The van der Waals surface area contributed by atoms with E-state index >= 15 is 0 Å². The first-order valence-corrected chi connectivity index (χ1v) is 6.15. The third-order valence-electron chi connectivity index (χ3n) is 3.12. The maximum atomic E-state index is 13.5. The zero-order valence-corrected chi connectivity index (χ0v) is 11.2. The van der Waals surface area contributed by atoms with E-state index in [1.54, 1.807) is 25.2 Å². The van der Waals surface area contributed by atoms with Crippen molar-refractivity contribution in [3.05, 3.63) is 35.6 Å². The molecule has 0 saturated heterocycles. The van der Waals surface area contributed by atoms with Crippen LogP contribution < -0.4 is 5.73 Å². The fourth-order valence-corrected chi connectivity index (χ4v) is 1.90. The average Bonchev–Trinajstić information content (AvgIpc) is 2.32. The van der Waals surface area contributed by atoms with Crippen LogP contribution >= 0.6 is 0 Å². The van der Waals surface area contributed by atoms with Crippen LogP contribution in [0.25, 0.3) is 0 Å². The van der Waals surface area contributed by atoms with E-state index in [-0.39, 0.29) is 30.1 Å². The fraction of sp³-hybridized carbons (Fsp3) is 0.500. The van der Waals surface area contributed by atoms with Crippen molar-refractivity contribution in [3.63, 3.8) is 0 Å². The second-order valence-electron chi connectivity index (χ2n) is 4.87. The Bertz CT molecular complexity index is 407. The lowest BCUT2D eigenvalue weighted by Gasteiger charge is -2.25. The average molecular weight is 252 g/mol. The summed E-state index contributed by atoms with van der Waals surface area (Å²) in [4.78, 5) is 13.7. The van der Waals surface area contributed by atoms with E-state index in [1.165, 1.54) is 11.0 Å². The lowest BCUT2D eigenvalue weighted by Crippen LogP contribution is -2.39. The van der Waals surface area contributed by atoms with Crippen molar-refractivity contribution in [3.8, 4) is 0 Å². The topological polar surface area (TPSA) is 46.3 Å². The molecule has 0 aliphatic rings. The van der Waals surface area contributed by atoms with Crippen LogP contribution in [0.5, 0.6) is 0 Å². The molecule has 1 unspecified atom stereocenters. The Morgan fingerprint density at radius 3 is 2.50 bits per heavy atom. The van der Waals surface area contributed by atoms with Gasteiger partial charge in [0.1, 0.15) is 5.82 Å². The Hall–Kier alpha value is -1.42. The van der Waals surface area contributed by atoms with Gasteiger partial charge in [-0.05, 0) is 12.0 Å². The van der Waals surface area contributed by atoms with Crippen LogP contribution in [0, 0.1) is 17.7 Å². The second kappa shape index (κ2) is 6.50. The smallest absolute Gasteiger partial charge is 0.227 e. The maximum absolute atomic E-state index is 13.5. The second-order valence-corrected chi connectivity index (χ2v) is 4.87. The van der Waals surface area contributed by atoms with Crippen molar-refractivity contribution in [1.82, 2.24) is 4.90 Å². The molecule has 0 heterocycles. The van der Waals surface area contributed by atoms with Gasteiger partial charge in [0, 0.05) is 25.7 Å². The third kappa shape index (κ3) is 3.53. The molecule has 2 N–H and O–H groups in total. The molecule has 18 heavy (non-hydrogen) atoms. The molecule has 0 spiro atoms. The van der Waals surface area contributed by atoms with Crippen molar-refractivity contribution < 1.29 is 9.18 Å². The monoisotopic (exact) mass is 252 g/mol. The SMILES string of the molecule is CC(C)C(CN)C(=O)N(C)Cc1ccccc1F. The molecule has 0 aromatic heterocycles. The predicted octanol–water partition coefficient (Wildman–Crippen LogP) is 2.01. The number of benzene rings is 1. The van der Waals surface area contributed by atoms with Gasteiger partial charge in [0.2, 0.25) is 5.91 Å². The van der Waals surface area contributed by atoms with Gasteiger partial charge in [-0.25, -0.2) is 4.39 Å². The minimum absolute atomic E-state index is 0.0317. The Morgan fingerprint density at radius 2 is 2.00 bits per heavy atom. The van der Waals surface area contributed by atoms with Crippen LogP contribution in [0.1, 0.15) is 19.4 Å². The molecule has 0 aliphatic carbocycles. The standard InChI is InChI=1S/C14H21FN2O/c1-10(2)12(8-16)14(18)17(3)9-11-6-4-5-7-13(11)15/h4-7,10,12H,8-9,16H2,1-3H3. The molecule has 0 saturated carbocycles. The first-order chi connectivity index (χ1) is 8.47. The van der Waals surface area contributed by atoms with E-state index in [9.17, 15) is 9.18 Å². The molecule has 1 atom stereocenters. The number of halogens is 1. The van der Waals surface area contributed by atoms with E-state index in [0.717, 1.165) is 0 Å². The molecule has 100 valence electrons. The molecular weight excluding hydrogens is 231 g/mol. The summed E-state index contributed by atoms with van der Waals surface area (Å²) >= 11 is 0. The maximum Gasteiger partial charge on any atom is 0.227 e. The van der Waals surface area contributed by atoms with Crippen LogP contribution in [-0.4, -0.2) is 24.4 Å². The van der Waals surface area contributed by atoms with Gasteiger partial charge >= 0.3 is 0 Å². The molecule has 3 nitrogen and oxygen atoms in total. The van der Waals surface area contributed by atoms with Gasteiger partial charge in [-0.15, -0.1) is 0 Å². The van der Waals surface area contributed by atoms with Crippen LogP contribution in [0.2, 0.25) is 0 Å². The number of nitrogens with zero attached hydrogens (tertiary/aromatic N) is 1. The van der Waals surface area contributed by atoms with Gasteiger partial charge in [-0.1, -0.05) is 32.0 Å². The molecule has 1 rings (SSSR count). The van der Waals surface area contributed by atoms with Crippen molar-refractivity contribution in [2.45, 2.75) is 20.4 Å². The van der Waals surface area contributed by atoms with E-state index in [2.05, 4.69) is 0 Å². The lowest BCUT2D eigenvalue weighted by atomic mass is 9.94. The number of amides is 1. The van der Waals surface area contributed by atoms with E-state index in [4.69, 9.17) is 5.73 Å². The zero-order valence-electron chi connectivity index (χ0n) is 11.2. The molecule has 0 radical (unpaired) electrons. The number of carbonyl (C=O) groups is 1. The Balaban J connectivity index is 2.74. The van der Waals surface area contributed by atoms with Crippen molar-refractivity contribution >= 4 is 5.91 Å². The summed E-state index contributed by atoms with van der Waals surface area (Å²) in [6.45, 7) is 4.52. The largest absolute Gasteiger partial charge is 0.341 e. The summed E-state index contributed by atoms with van der Waals surface area (Å²) in [6.07, 6.45) is 0. The Kier molecular flexibility index (Phi) is 5.28. The normalized spacial score (nSPS) is 12.6. The zero-order chi connectivity index (χ0) is 13.7. The van der Waals surface area contributed by atoms with E-state index < -0.39 is 0 Å². The van der Waals surface area contributed by atoms with Gasteiger partial charge in [0.15, 0.2) is 0 Å². The minimum Gasteiger partial charge on any atom is -0.341 e. The highest BCUT2D eigenvalue weighted by Gasteiger charge is 2.24. The summed E-state index contributed by atoms with van der Waals surface area (Å²) in [5, 5.41) is 0. The van der Waals surface area contributed by atoms with Gasteiger partial charge in [-0.3, -0.25) is 4.79 Å².